The molecule has 2 heterocycles. The lowest BCUT2D eigenvalue weighted by atomic mass is 10.1. The highest BCUT2D eigenvalue weighted by atomic mass is 32.1. The van der Waals surface area contributed by atoms with E-state index in [1.54, 1.807) is 11.3 Å². The summed E-state index contributed by atoms with van der Waals surface area (Å²) < 4.78 is 26.3. The Kier molecular flexibility index (Phi) is 5.88. The van der Waals surface area contributed by atoms with Gasteiger partial charge in [0, 0.05) is 13.0 Å². The van der Waals surface area contributed by atoms with Crippen LogP contribution in [0.1, 0.15) is 31.9 Å². The van der Waals surface area contributed by atoms with Gasteiger partial charge in [-0.05, 0) is 35.5 Å². The first-order valence-electron chi connectivity index (χ1n) is 7.62. The Balaban J connectivity index is 1.95. The number of carbonyl (C=O) groups is 1. The number of carbonyl (C=O) groups excluding carboxylic acids is 1. The molecule has 1 aromatic rings. The highest BCUT2D eigenvalue weighted by Gasteiger charge is 2.42. The minimum Gasteiger partial charge on any atom is -0.353 e. The van der Waals surface area contributed by atoms with Gasteiger partial charge in [0.25, 0.3) is 5.92 Å². The summed E-state index contributed by atoms with van der Waals surface area (Å²) in [6.07, 6.45) is -0.423. The fourth-order valence-corrected chi connectivity index (χ4v) is 3.52. The monoisotopic (exact) mass is 331 g/mol. The number of thiophene rings is 1. The van der Waals surface area contributed by atoms with Gasteiger partial charge in [-0.1, -0.05) is 13.8 Å². The Morgan fingerprint density at radius 2 is 2.27 bits per heavy atom. The maximum atomic E-state index is 13.2. The molecule has 1 fully saturated rings. The Labute approximate surface area is 133 Å². The van der Waals surface area contributed by atoms with Crippen LogP contribution in [0.5, 0.6) is 0 Å². The minimum atomic E-state index is -2.78. The predicted octanol–water partition coefficient (Wildman–Crippen LogP) is 2.24. The summed E-state index contributed by atoms with van der Waals surface area (Å²) in [4.78, 5) is 14.3. The fraction of sp³-hybridized carbons (Fsp3) is 0.667. The Morgan fingerprint density at radius 3 is 2.77 bits per heavy atom. The number of likely N-dealkylation sites (N-methyl/N-ethyl adjacent to an activating group) is 1. The molecule has 0 radical (unpaired) electrons. The van der Waals surface area contributed by atoms with Crippen molar-refractivity contribution in [3.05, 3.63) is 22.4 Å². The van der Waals surface area contributed by atoms with Crippen molar-refractivity contribution in [1.29, 1.82) is 0 Å². The van der Waals surface area contributed by atoms with Crippen molar-refractivity contribution < 1.29 is 13.6 Å². The molecule has 0 saturated carbocycles. The van der Waals surface area contributed by atoms with Crippen molar-refractivity contribution in [2.45, 2.75) is 38.3 Å². The van der Waals surface area contributed by atoms with Crippen molar-refractivity contribution in [1.82, 2.24) is 15.5 Å². The molecule has 1 saturated heterocycles. The van der Waals surface area contributed by atoms with Gasteiger partial charge in [-0.3, -0.25) is 15.0 Å². The lowest BCUT2D eigenvalue weighted by Gasteiger charge is -2.29. The van der Waals surface area contributed by atoms with Crippen molar-refractivity contribution in [3.63, 3.8) is 0 Å². The van der Waals surface area contributed by atoms with Gasteiger partial charge in [0.2, 0.25) is 5.91 Å². The van der Waals surface area contributed by atoms with Crippen LogP contribution < -0.4 is 10.6 Å². The van der Waals surface area contributed by atoms with Gasteiger partial charge in [0.15, 0.2) is 0 Å². The van der Waals surface area contributed by atoms with Crippen molar-refractivity contribution in [2.75, 3.05) is 26.2 Å². The second-order valence-electron chi connectivity index (χ2n) is 5.53. The van der Waals surface area contributed by atoms with E-state index in [9.17, 15) is 13.6 Å². The van der Waals surface area contributed by atoms with Crippen LogP contribution in [-0.4, -0.2) is 49.0 Å². The van der Waals surface area contributed by atoms with E-state index in [1.165, 1.54) is 0 Å². The number of halogens is 2. The lowest BCUT2D eigenvalue weighted by Crippen LogP contribution is -2.44. The quantitative estimate of drug-likeness (QED) is 0.805. The van der Waals surface area contributed by atoms with Gasteiger partial charge < -0.3 is 5.32 Å². The first kappa shape index (κ1) is 17.3. The normalized spacial score (nSPS) is 22.0. The number of nitrogens with zero attached hydrogens (tertiary/aromatic N) is 1. The molecule has 2 rings (SSSR count). The van der Waals surface area contributed by atoms with E-state index in [0.717, 1.165) is 18.7 Å². The topological polar surface area (TPSA) is 44.4 Å². The van der Waals surface area contributed by atoms with Crippen LogP contribution in [0.4, 0.5) is 8.78 Å². The highest BCUT2D eigenvalue weighted by molar-refractivity contribution is 7.07. The number of amides is 1. The largest absolute Gasteiger partial charge is 0.353 e. The predicted molar refractivity (Wildman–Crippen MR) is 84.3 cm³/mol. The summed E-state index contributed by atoms with van der Waals surface area (Å²) in [7, 11) is 0. The molecule has 1 amide bonds. The van der Waals surface area contributed by atoms with Gasteiger partial charge in [-0.2, -0.15) is 11.3 Å². The van der Waals surface area contributed by atoms with Crippen LogP contribution in [0.3, 0.4) is 0 Å². The first-order chi connectivity index (χ1) is 10.5. The Hall–Kier alpha value is -1.05. The third-order valence-electron chi connectivity index (χ3n) is 4.08. The van der Waals surface area contributed by atoms with Crippen molar-refractivity contribution in [3.8, 4) is 0 Å². The van der Waals surface area contributed by atoms with E-state index in [0.29, 0.717) is 6.54 Å². The zero-order chi connectivity index (χ0) is 16.2. The zero-order valence-corrected chi connectivity index (χ0v) is 13.8. The van der Waals surface area contributed by atoms with Crippen LogP contribution in [-0.2, 0) is 4.79 Å². The van der Waals surface area contributed by atoms with Crippen LogP contribution in [0, 0.1) is 0 Å². The Morgan fingerprint density at radius 1 is 1.55 bits per heavy atom. The maximum absolute atomic E-state index is 13.2. The SMILES string of the molecule is CCN(CC)C(CNC(=O)C1CC(F)(F)CN1)c1ccsc1. The summed E-state index contributed by atoms with van der Waals surface area (Å²) in [5, 5.41) is 9.49. The molecular formula is C15H23F2N3OS. The van der Waals surface area contributed by atoms with E-state index < -0.39 is 24.9 Å². The second-order valence-corrected chi connectivity index (χ2v) is 6.31. The molecular weight excluding hydrogens is 308 g/mol. The molecule has 4 nitrogen and oxygen atoms in total. The number of rotatable bonds is 7. The third kappa shape index (κ3) is 4.24. The summed E-state index contributed by atoms with van der Waals surface area (Å²) in [6.45, 7) is 5.89. The molecule has 0 aliphatic carbocycles. The highest BCUT2D eigenvalue weighted by Crippen LogP contribution is 2.26. The fourth-order valence-electron chi connectivity index (χ4n) is 2.81. The molecule has 2 atom stereocenters. The summed E-state index contributed by atoms with van der Waals surface area (Å²) >= 11 is 1.61. The van der Waals surface area contributed by atoms with Gasteiger partial charge in [0.1, 0.15) is 0 Å². The molecule has 124 valence electrons. The van der Waals surface area contributed by atoms with Crippen LogP contribution >= 0.6 is 11.3 Å². The molecule has 1 aliphatic rings. The van der Waals surface area contributed by atoms with E-state index in [2.05, 4.69) is 34.8 Å². The molecule has 0 spiro atoms. The molecule has 2 unspecified atom stereocenters. The average Bonchev–Trinajstić information content (AvgIpc) is 3.12. The summed E-state index contributed by atoms with van der Waals surface area (Å²) in [6, 6.07) is 1.32. The van der Waals surface area contributed by atoms with E-state index in [1.807, 2.05) is 11.4 Å². The Bertz CT molecular complexity index is 477. The van der Waals surface area contributed by atoms with E-state index >= 15 is 0 Å². The number of nitrogens with one attached hydrogen (secondary N) is 2. The van der Waals surface area contributed by atoms with Gasteiger partial charge >= 0.3 is 0 Å². The number of hydrogen-bond donors (Lipinski definition) is 2. The van der Waals surface area contributed by atoms with Crippen molar-refractivity contribution >= 4 is 17.2 Å². The summed E-state index contributed by atoms with van der Waals surface area (Å²) in [5.74, 6) is -3.13. The molecule has 22 heavy (non-hydrogen) atoms. The molecule has 1 aliphatic heterocycles. The van der Waals surface area contributed by atoms with Gasteiger partial charge in [0.05, 0.1) is 18.6 Å². The summed E-state index contributed by atoms with van der Waals surface area (Å²) in [5.41, 5.74) is 1.15. The standard InChI is InChI=1S/C15H23F2N3OS/c1-3-20(4-2)13(11-5-6-22-9-11)8-18-14(21)12-7-15(16,17)10-19-12/h5-6,9,12-13,19H,3-4,7-8,10H2,1-2H3,(H,18,21). The number of hydrogen-bond acceptors (Lipinski definition) is 4. The van der Waals surface area contributed by atoms with Gasteiger partial charge in [-0.25, -0.2) is 8.78 Å². The lowest BCUT2D eigenvalue weighted by molar-refractivity contribution is -0.123. The van der Waals surface area contributed by atoms with Crippen LogP contribution in [0.2, 0.25) is 0 Å². The first-order valence-corrected chi connectivity index (χ1v) is 8.56. The zero-order valence-electron chi connectivity index (χ0n) is 12.9. The maximum Gasteiger partial charge on any atom is 0.262 e. The number of alkyl halides is 2. The molecule has 2 N–H and O–H groups in total. The molecule has 0 aromatic carbocycles. The van der Waals surface area contributed by atoms with Gasteiger partial charge in [-0.15, -0.1) is 0 Å². The second kappa shape index (κ2) is 7.48. The van der Waals surface area contributed by atoms with E-state index in [-0.39, 0.29) is 11.9 Å². The third-order valence-corrected chi connectivity index (χ3v) is 4.78. The minimum absolute atomic E-state index is 0.0760. The van der Waals surface area contributed by atoms with Crippen molar-refractivity contribution in [2.24, 2.45) is 0 Å². The molecule has 7 heteroatoms. The van der Waals surface area contributed by atoms with Crippen LogP contribution in [0.15, 0.2) is 16.8 Å². The smallest absolute Gasteiger partial charge is 0.262 e. The van der Waals surface area contributed by atoms with E-state index in [4.69, 9.17) is 0 Å². The average molecular weight is 331 g/mol. The molecule has 1 aromatic heterocycles. The molecule has 0 bridgehead atoms. The van der Waals surface area contributed by atoms with Crippen LogP contribution in [0.25, 0.3) is 0 Å².